The van der Waals surface area contributed by atoms with Gasteiger partial charge in [-0.1, -0.05) is 30.3 Å². The summed E-state index contributed by atoms with van der Waals surface area (Å²) in [6.07, 6.45) is 1.58. The van der Waals surface area contributed by atoms with Crippen molar-refractivity contribution in [3.8, 4) is 5.75 Å². The highest BCUT2D eigenvalue weighted by atomic mass is 16.5. The highest BCUT2D eigenvalue weighted by molar-refractivity contribution is 6.05. The van der Waals surface area contributed by atoms with Gasteiger partial charge in [0.25, 0.3) is 5.91 Å². The molecule has 3 rings (SSSR count). The Balaban J connectivity index is 1.62. The molecule has 2 aromatic carbocycles. The first-order chi connectivity index (χ1) is 12.2. The number of hydrogen-bond acceptors (Lipinski definition) is 4. The molecular weight excluding hydrogens is 320 g/mol. The van der Waals surface area contributed by atoms with Crippen LogP contribution in [0.4, 0.5) is 5.69 Å². The Hall–Kier alpha value is -3.28. The first-order valence-electron chi connectivity index (χ1n) is 7.94. The molecule has 0 aliphatic carbocycles. The van der Waals surface area contributed by atoms with Gasteiger partial charge in [-0.25, -0.2) is 4.79 Å². The fourth-order valence-corrected chi connectivity index (χ4v) is 2.49. The average Bonchev–Trinajstić information content (AvgIpc) is 3.06. The van der Waals surface area contributed by atoms with Crippen molar-refractivity contribution in [3.05, 3.63) is 60.3 Å². The zero-order valence-electron chi connectivity index (χ0n) is 13.7. The van der Waals surface area contributed by atoms with Crippen LogP contribution in [0.2, 0.25) is 0 Å². The smallest absolute Gasteiger partial charge is 0.340 e. The molecule has 128 valence electrons. The summed E-state index contributed by atoms with van der Waals surface area (Å²) >= 11 is 0. The molecule has 1 amide bonds. The minimum Gasteiger partial charge on any atom is -0.492 e. The van der Waals surface area contributed by atoms with Crippen LogP contribution in [0, 0.1) is 0 Å². The lowest BCUT2D eigenvalue weighted by molar-refractivity contribution is -0.119. The number of carbonyl (C=O) groups excluding carboxylic acids is 2. The number of ether oxygens (including phenoxy) is 2. The maximum absolute atomic E-state index is 12.2. The summed E-state index contributed by atoms with van der Waals surface area (Å²) in [5, 5.41) is 3.44. The minimum atomic E-state index is -0.550. The predicted molar refractivity (Wildman–Crippen MR) is 94.8 cm³/mol. The van der Waals surface area contributed by atoms with Crippen molar-refractivity contribution in [2.24, 2.45) is 0 Å². The number of benzene rings is 2. The van der Waals surface area contributed by atoms with E-state index >= 15 is 0 Å². The van der Waals surface area contributed by atoms with Gasteiger partial charge in [0.05, 0.1) is 17.9 Å². The topological polar surface area (TPSA) is 80.4 Å². The van der Waals surface area contributed by atoms with E-state index in [1.165, 1.54) is 0 Å². The number of H-pyrrole nitrogens is 1. The second kappa shape index (κ2) is 7.53. The number of esters is 1. The van der Waals surface area contributed by atoms with E-state index in [-0.39, 0.29) is 6.61 Å². The average molecular weight is 338 g/mol. The largest absolute Gasteiger partial charge is 0.492 e. The third-order valence-corrected chi connectivity index (χ3v) is 3.60. The van der Waals surface area contributed by atoms with Gasteiger partial charge in [0.1, 0.15) is 5.75 Å². The second-order valence-electron chi connectivity index (χ2n) is 5.30. The number of amides is 1. The van der Waals surface area contributed by atoms with E-state index in [1.807, 2.05) is 37.3 Å². The Morgan fingerprint density at radius 1 is 1.08 bits per heavy atom. The van der Waals surface area contributed by atoms with E-state index in [9.17, 15) is 9.59 Å². The lowest BCUT2D eigenvalue weighted by Gasteiger charge is -2.11. The van der Waals surface area contributed by atoms with E-state index in [2.05, 4.69) is 10.3 Å². The van der Waals surface area contributed by atoms with Gasteiger partial charge < -0.3 is 19.8 Å². The van der Waals surface area contributed by atoms with Crippen LogP contribution in [0.1, 0.15) is 17.3 Å². The number of aromatic nitrogens is 1. The van der Waals surface area contributed by atoms with Crippen LogP contribution in [0.15, 0.2) is 54.7 Å². The number of rotatable bonds is 6. The SMILES string of the molecule is CCOc1ccccc1NC(=O)COC(=O)c1c[nH]c2ccccc12. The molecule has 0 bridgehead atoms. The second-order valence-corrected chi connectivity index (χ2v) is 5.30. The normalized spacial score (nSPS) is 10.4. The fraction of sp³-hybridized carbons (Fsp3) is 0.158. The van der Waals surface area contributed by atoms with Crippen molar-refractivity contribution in [2.75, 3.05) is 18.5 Å². The molecule has 0 fully saturated rings. The van der Waals surface area contributed by atoms with E-state index in [0.717, 1.165) is 10.9 Å². The summed E-state index contributed by atoms with van der Waals surface area (Å²) in [7, 11) is 0. The number of nitrogens with one attached hydrogen (secondary N) is 2. The Bertz CT molecular complexity index is 901. The monoisotopic (exact) mass is 338 g/mol. The number of hydrogen-bond donors (Lipinski definition) is 2. The van der Waals surface area contributed by atoms with Crippen LogP contribution in [-0.2, 0) is 9.53 Å². The Morgan fingerprint density at radius 3 is 2.68 bits per heavy atom. The molecule has 0 unspecified atom stereocenters. The van der Waals surface area contributed by atoms with Gasteiger partial charge >= 0.3 is 5.97 Å². The van der Waals surface area contributed by atoms with Gasteiger partial charge in [-0.15, -0.1) is 0 Å². The van der Waals surface area contributed by atoms with E-state index < -0.39 is 11.9 Å². The number of anilines is 1. The molecule has 0 radical (unpaired) electrons. The molecule has 6 heteroatoms. The van der Waals surface area contributed by atoms with E-state index in [0.29, 0.717) is 23.6 Å². The predicted octanol–water partition coefficient (Wildman–Crippen LogP) is 3.36. The highest BCUT2D eigenvalue weighted by Crippen LogP contribution is 2.23. The van der Waals surface area contributed by atoms with E-state index in [1.54, 1.807) is 24.4 Å². The number of fused-ring (bicyclic) bond motifs is 1. The third-order valence-electron chi connectivity index (χ3n) is 3.60. The maximum atomic E-state index is 12.2. The van der Waals surface area contributed by atoms with Gasteiger partial charge in [0.15, 0.2) is 6.61 Å². The van der Waals surface area contributed by atoms with Crippen molar-refractivity contribution in [2.45, 2.75) is 6.92 Å². The molecule has 0 spiro atoms. The van der Waals surface area contributed by atoms with Crippen molar-refractivity contribution in [1.82, 2.24) is 4.98 Å². The Kier molecular flexibility index (Phi) is 4.99. The summed E-state index contributed by atoms with van der Waals surface area (Å²) in [6, 6.07) is 14.5. The Morgan fingerprint density at radius 2 is 1.84 bits per heavy atom. The van der Waals surface area contributed by atoms with Gasteiger partial charge in [0.2, 0.25) is 0 Å². The van der Waals surface area contributed by atoms with Gasteiger partial charge in [-0.2, -0.15) is 0 Å². The van der Waals surface area contributed by atoms with Crippen molar-refractivity contribution < 1.29 is 19.1 Å². The number of carbonyl (C=O) groups is 2. The standard InChI is InChI=1S/C19H18N2O4/c1-2-24-17-10-6-5-9-16(17)21-18(22)12-25-19(23)14-11-20-15-8-4-3-7-13(14)15/h3-11,20H,2,12H2,1H3,(H,21,22). The molecule has 6 nitrogen and oxygen atoms in total. The summed E-state index contributed by atoms with van der Waals surface area (Å²) < 4.78 is 10.6. The lowest BCUT2D eigenvalue weighted by Crippen LogP contribution is -2.21. The third kappa shape index (κ3) is 3.80. The number of para-hydroxylation sites is 3. The van der Waals surface area contributed by atoms with Crippen LogP contribution in [-0.4, -0.2) is 30.1 Å². The van der Waals surface area contributed by atoms with Gasteiger partial charge in [-0.3, -0.25) is 4.79 Å². The molecule has 3 aromatic rings. The molecule has 0 saturated carbocycles. The quantitative estimate of drug-likeness (QED) is 0.675. The maximum Gasteiger partial charge on any atom is 0.340 e. The first kappa shape index (κ1) is 16.6. The zero-order valence-corrected chi connectivity index (χ0v) is 13.7. The molecule has 0 aliphatic rings. The van der Waals surface area contributed by atoms with Crippen molar-refractivity contribution >= 4 is 28.5 Å². The van der Waals surface area contributed by atoms with Gasteiger partial charge in [-0.05, 0) is 25.1 Å². The fourth-order valence-electron chi connectivity index (χ4n) is 2.49. The summed E-state index contributed by atoms with van der Waals surface area (Å²) in [5.41, 5.74) is 1.78. The summed E-state index contributed by atoms with van der Waals surface area (Å²) in [4.78, 5) is 27.3. The Labute approximate surface area is 144 Å². The van der Waals surface area contributed by atoms with Crippen LogP contribution >= 0.6 is 0 Å². The highest BCUT2D eigenvalue weighted by Gasteiger charge is 2.15. The van der Waals surface area contributed by atoms with Crippen LogP contribution in [0.25, 0.3) is 10.9 Å². The molecule has 25 heavy (non-hydrogen) atoms. The minimum absolute atomic E-state index is 0.376. The van der Waals surface area contributed by atoms with Crippen LogP contribution in [0.5, 0.6) is 5.75 Å². The molecule has 0 atom stereocenters. The van der Waals surface area contributed by atoms with Crippen molar-refractivity contribution in [3.63, 3.8) is 0 Å². The van der Waals surface area contributed by atoms with E-state index in [4.69, 9.17) is 9.47 Å². The van der Waals surface area contributed by atoms with Crippen molar-refractivity contribution in [1.29, 1.82) is 0 Å². The molecule has 0 saturated heterocycles. The molecule has 1 aromatic heterocycles. The zero-order chi connectivity index (χ0) is 17.6. The molecule has 0 aliphatic heterocycles. The molecule has 2 N–H and O–H groups in total. The lowest BCUT2D eigenvalue weighted by atomic mass is 10.2. The molecular formula is C19H18N2O4. The van der Waals surface area contributed by atoms with Crippen LogP contribution < -0.4 is 10.1 Å². The first-order valence-corrected chi connectivity index (χ1v) is 7.94. The van der Waals surface area contributed by atoms with Gasteiger partial charge in [0, 0.05) is 17.1 Å². The summed E-state index contributed by atoms with van der Waals surface area (Å²) in [5.74, 6) is -0.410. The summed E-state index contributed by atoms with van der Waals surface area (Å²) in [6.45, 7) is 1.98. The molecule has 1 heterocycles. The van der Waals surface area contributed by atoms with Crippen LogP contribution in [0.3, 0.4) is 0 Å². The number of aromatic amines is 1.